The highest BCUT2D eigenvalue weighted by molar-refractivity contribution is 5.84. The minimum absolute atomic E-state index is 0.179. The molecule has 0 amide bonds. The van der Waals surface area contributed by atoms with Gasteiger partial charge in [0.15, 0.2) is 0 Å². The van der Waals surface area contributed by atoms with Gasteiger partial charge in [-0.2, -0.15) is 0 Å². The molecule has 1 aliphatic rings. The van der Waals surface area contributed by atoms with Crippen LogP contribution in [0.15, 0.2) is 71.3 Å². The lowest BCUT2D eigenvalue weighted by Gasteiger charge is -2.19. The van der Waals surface area contributed by atoms with Crippen molar-refractivity contribution in [3.63, 3.8) is 0 Å². The van der Waals surface area contributed by atoms with Crippen LogP contribution >= 0.6 is 0 Å². The molecule has 0 heterocycles. The standard InChI is InChI=1S/C23H25F/c1-4-5-11-21-16(2)22(18-9-7-6-8-10-18)23(17(21)3)19-12-14-20(24)15-13-19/h6-10,12-15,22H,4-5,11H2,1-3H3. The highest BCUT2D eigenvalue weighted by Crippen LogP contribution is 2.49. The van der Waals surface area contributed by atoms with Gasteiger partial charge in [-0.05, 0) is 66.7 Å². The zero-order chi connectivity index (χ0) is 17.1. The Labute approximate surface area is 144 Å². The van der Waals surface area contributed by atoms with Crippen LogP contribution in [0.5, 0.6) is 0 Å². The van der Waals surface area contributed by atoms with Gasteiger partial charge in [0.05, 0.1) is 0 Å². The highest BCUT2D eigenvalue weighted by Gasteiger charge is 2.30. The molecule has 0 saturated heterocycles. The van der Waals surface area contributed by atoms with E-state index in [1.165, 1.54) is 40.7 Å². The van der Waals surface area contributed by atoms with Crippen LogP contribution in [-0.4, -0.2) is 0 Å². The van der Waals surface area contributed by atoms with Gasteiger partial charge in [-0.25, -0.2) is 4.39 Å². The van der Waals surface area contributed by atoms with Gasteiger partial charge in [0.25, 0.3) is 0 Å². The Hall–Kier alpha value is -2.15. The molecule has 2 aromatic rings. The van der Waals surface area contributed by atoms with Crippen molar-refractivity contribution in [2.75, 3.05) is 0 Å². The van der Waals surface area contributed by atoms with Crippen molar-refractivity contribution in [1.29, 1.82) is 0 Å². The van der Waals surface area contributed by atoms with E-state index < -0.39 is 0 Å². The number of unbranched alkanes of at least 4 members (excludes halogenated alkanes) is 1. The van der Waals surface area contributed by atoms with Gasteiger partial charge in [-0.3, -0.25) is 0 Å². The molecule has 0 radical (unpaired) electrons. The summed E-state index contributed by atoms with van der Waals surface area (Å²) in [6.45, 7) is 6.73. The van der Waals surface area contributed by atoms with E-state index in [1.807, 2.05) is 12.1 Å². The number of hydrogen-bond donors (Lipinski definition) is 0. The quantitative estimate of drug-likeness (QED) is 0.562. The van der Waals surface area contributed by atoms with Crippen molar-refractivity contribution in [1.82, 2.24) is 0 Å². The number of rotatable bonds is 5. The normalized spacial score (nSPS) is 17.8. The Kier molecular flexibility index (Phi) is 4.99. The van der Waals surface area contributed by atoms with Crippen LogP contribution in [0.25, 0.3) is 5.57 Å². The van der Waals surface area contributed by atoms with E-state index in [-0.39, 0.29) is 11.7 Å². The number of halogens is 1. The topological polar surface area (TPSA) is 0 Å². The Balaban J connectivity index is 2.11. The van der Waals surface area contributed by atoms with Crippen LogP contribution in [0.1, 0.15) is 57.1 Å². The van der Waals surface area contributed by atoms with Crippen molar-refractivity contribution in [2.24, 2.45) is 0 Å². The lowest BCUT2D eigenvalue weighted by molar-refractivity contribution is 0.627. The first-order valence-electron chi connectivity index (χ1n) is 8.85. The van der Waals surface area contributed by atoms with Crippen molar-refractivity contribution >= 4 is 5.57 Å². The molecule has 0 saturated carbocycles. The average Bonchev–Trinajstić information content (AvgIpc) is 2.85. The number of benzene rings is 2. The molecule has 0 bridgehead atoms. The Morgan fingerprint density at radius 2 is 1.58 bits per heavy atom. The molecule has 1 aliphatic carbocycles. The van der Waals surface area contributed by atoms with E-state index in [0.29, 0.717) is 0 Å². The van der Waals surface area contributed by atoms with Crippen LogP contribution in [0.4, 0.5) is 4.39 Å². The van der Waals surface area contributed by atoms with Crippen molar-refractivity contribution in [2.45, 2.75) is 46.0 Å². The molecule has 0 aliphatic heterocycles. The zero-order valence-electron chi connectivity index (χ0n) is 14.8. The van der Waals surface area contributed by atoms with Crippen LogP contribution in [0.2, 0.25) is 0 Å². The minimum atomic E-state index is -0.179. The summed E-state index contributed by atoms with van der Waals surface area (Å²) < 4.78 is 13.4. The molecule has 124 valence electrons. The zero-order valence-corrected chi connectivity index (χ0v) is 14.8. The lowest BCUT2D eigenvalue weighted by Crippen LogP contribution is -2.01. The fourth-order valence-corrected chi connectivity index (χ4v) is 3.88. The molecule has 0 nitrogen and oxygen atoms in total. The second kappa shape index (κ2) is 7.17. The van der Waals surface area contributed by atoms with E-state index in [4.69, 9.17) is 0 Å². The summed E-state index contributed by atoms with van der Waals surface area (Å²) in [6, 6.07) is 17.6. The van der Waals surface area contributed by atoms with E-state index in [9.17, 15) is 4.39 Å². The molecule has 3 rings (SSSR count). The van der Waals surface area contributed by atoms with Gasteiger partial charge >= 0.3 is 0 Å². The molecule has 24 heavy (non-hydrogen) atoms. The first kappa shape index (κ1) is 16.7. The van der Waals surface area contributed by atoms with Gasteiger partial charge < -0.3 is 0 Å². The molecular weight excluding hydrogens is 295 g/mol. The van der Waals surface area contributed by atoms with Crippen LogP contribution < -0.4 is 0 Å². The Bertz CT molecular complexity index is 763. The summed E-state index contributed by atoms with van der Waals surface area (Å²) in [7, 11) is 0. The van der Waals surface area contributed by atoms with Crippen LogP contribution in [0, 0.1) is 5.82 Å². The monoisotopic (exact) mass is 320 g/mol. The van der Waals surface area contributed by atoms with Gasteiger partial charge in [0, 0.05) is 5.92 Å². The van der Waals surface area contributed by atoms with Gasteiger partial charge in [-0.15, -0.1) is 0 Å². The maximum atomic E-state index is 13.4. The maximum absolute atomic E-state index is 13.4. The molecule has 1 unspecified atom stereocenters. The molecule has 0 N–H and O–H groups in total. The molecular formula is C23H25F. The second-order valence-electron chi connectivity index (χ2n) is 6.65. The van der Waals surface area contributed by atoms with Gasteiger partial charge in [0.1, 0.15) is 5.82 Å². The summed E-state index contributed by atoms with van der Waals surface area (Å²) in [5.41, 5.74) is 8.11. The van der Waals surface area contributed by atoms with Crippen molar-refractivity contribution < 1.29 is 4.39 Å². The molecule has 1 heteroatoms. The molecule has 0 fully saturated rings. The third-order valence-corrected chi connectivity index (χ3v) is 5.12. The number of hydrogen-bond acceptors (Lipinski definition) is 0. The third-order valence-electron chi connectivity index (χ3n) is 5.12. The third kappa shape index (κ3) is 3.08. The van der Waals surface area contributed by atoms with E-state index in [0.717, 1.165) is 12.0 Å². The highest BCUT2D eigenvalue weighted by atomic mass is 19.1. The maximum Gasteiger partial charge on any atom is 0.123 e. The SMILES string of the molecule is CCCCC1=C(C)C(c2ccccc2)C(c2ccc(F)cc2)=C1C. The summed E-state index contributed by atoms with van der Waals surface area (Å²) in [5.74, 6) is 0.102. The van der Waals surface area contributed by atoms with Gasteiger partial charge in [-0.1, -0.05) is 61.4 Å². The smallest absolute Gasteiger partial charge is 0.123 e. The van der Waals surface area contributed by atoms with E-state index >= 15 is 0 Å². The van der Waals surface area contributed by atoms with E-state index in [1.54, 1.807) is 12.1 Å². The minimum Gasteiger partial charge on any atom is -0.207 e. The second-order valence-corrected chi connectivity index (χ2v) is 6.65. The first-order chi connectivity index (χ1) is 11.6. The largest absolute Gasteiger partial charge is 0.207 e. The summed E-state index contributed by atoms with van der Waals surface area (Å²) >= 11 is 0. The fourth-order valence-electron chi connectivity index (χ4n) is 3.88. The van der Waals surface area contributed by atoms with Gasteiger partial charge in [0.2, 0.25) is 0 Å². The molecule has 0 aromatic heterocycles. The fraction of sp³-hybridized carbons (Fsp3) is 0.304. The predicted molar refractivity (Wildman–Crippen MR) is 100 cm³/mol. The lowest BCUT2D eigenvalue weighted by atomic mass is 9.84. The molecule has 0 spiro atoms. The van der Waals surface area contributed by atoms with E-state index in [2.05, 4.69) is 51.1 Å². The average molecular weight is 320 g/mol. The Morgan fingerprint density at radius 3 is 2.21 bits per heavy atom. The van der Waals surface area contributed by atoms with Crippen LogP contribution in [0.3, 0.4) is 0 Å². The predicted octanol–water partition coefficient (Wildman–Crippen LogP) is 6.90. The van der Waals surface area contributed by atoms with Crippen molar-refractivity contribution in [3.8, 4) is 0 Å². The van der Waals surface area contributed by atoms with Crippen molar-refractivity contribution in [3.05, 3.63) is 88.3 Å². The van der Waals surface area contributed by atoms with Crippen LogP contribution in [-0.2, 0) is 0 Å². The summed E-state index contributed by atoms with van der Waals surface area (Å²) in [5, 5.41) is 0. The summed E-state index contributed by atoms with van der Waals surface area (Å²) in [6.07, 6.45) is 3.54. The number of allylic oxidation sites excluding steroid dienone is 4. The Morgan fingerprint density at radius 1 is 0.917 bits per heavy atom. The first-order valence-corrected chi connectivity index (χ1v) is 8.85. The molecule has 1 atom stereocenters. The molecule has 2 aromatic carbocycles. The summed E-state index contributed by atoms with van der Waals surface area (Å²) in [4.78, 5) is 0.